The summed E-state index contributed by atoms with van der Waals surface area (Å²) in [6.45, 7) is 0.935. The van der Waals surface area contributed by atoms with Crippen LogP contribution in [0.15, 0.2) is 61.3 Å². The number of aliphatic hydroxyl groups excluding tert-OH is 1. The molecule has 0 bridgehead atoms. The highest BCUT2D eigenvalue weighted by atomic mass is 35.5. The summed E-state index contributed by atoms with van der Waals surface area (Å²) in [6, 6.07) is 8.18. The molecule has 4 aromatic heterocycles. The Hall–Kier alpha value is -4.56. The molecule has 5 heterocycles. The van der Waals surface area contributed by atoms with E-state index in [4.69, 9.17) is 11.6 Å². The predicted molar refractivity (Wildman–Crippen MR) is 139 cm³/mol. The van der Waals surface area contributed by atoms with Crippen molar-refractivity contribution >= 4 is 39.8 Å². The van der Waals surface area contributed by atoms with Gasteiger partial charge in [0.05, 0.1) is 59.0 Å². The molecule has 5 aromatic rings. The van der Waals surface area contributed by atoms with Crippen molar-refractivity contribution in [3.63, 3.8) is 0 Å². The normalized spacial score (nSPS) is 15.6. The lowest BCUT2D eigenvalue weighted by atomic mass is 10.1. The third-order valence-electron chi connectivity index (χ3n) is 6.41. The van der Waals surface area contributed by atoms with Gasteiger partial charge in [0.1, 0.15) is 5.82 Å². The maximum atomic E-state index is 14.4. The number of pyridine rings is 2. The van der Waals surface area contributed by atoms with Crippen LogP contribution in [0.1, 0.15) is 22.5 Å². The molecule has 0 radical (unpaired) electrons. The van der Waals surface area contributed by atoms with Gasteiger partial charge in [-0.3, -0.25) is 4.79 Å². The minimum absolute atomic E-state index is 0.0475. The van der Waals surface area contributed by atoms with Crippen molar-refractivity contribution < 1.29 is 23.1 Å². The summed E-state index contributed by atoms with van der Waals surface area (Å²) in [5, 5.41) is 25.3. The van der Waals surface area contributed by atoms with Crippen LogP contribution in [0.3, 0.4) is 0 Å². The van der Waals surface area contributed by atoms with Gasteiger partial charge < -0.3 is 15.3 Å². The standard InChI is InChI=1S/C25H19ClF3N9O2/c26-19-9-14(10-30-23(19)38-32-6-7-33-38)35-24(40)18-11-34-37(21(18)25(27,28)29)20-12-31-22(36-8-5-15(39)13-36)17-4-2-1-3-16(17)20/h1-4,6-7,9-12,15,39H,5,8,13H2,(H,35,40)/t15-/m1/s1. The van der Waals surface area contributed by atoms with E-state index in [1.165, 1.54) is 30.9 Å². The molecule has 1 aliphatic rings. The maximum Gasteiger partial charge on any atom is 0.434 e. The van der Waals surface area contributed by atoms with Gasteiger partial charge in [0.15, 0.2) is 11.5 Å². The van der Waals surface area contributed by atoms with Gasteiger partial charge >= 0.3 is 6.18 Å². The number of halogens is 4. The van der Waals surface area contributed by atoms with E-state index >= 15 is 0 Å². The Morgan fingerprint density at radius 2 is 1.75 bits per heavy atom. The fraction of sp³-hybridized carbons (Fsp3) is 0.200. The molecule has 1 fully saturated rings. The second kappa shape index (κ2) is 9.88. The number of rotatable bonds is 5. The zero-order chi connectivity index (χ0) is 28.0. The molecule has 15 heteroatoms. The lowest BCUT2D eigenvalue weighted by Gasteiger charge is -2.20. The first kappa shape index (κ1) is 25.7. The number of nitrogens with one attached hydrogen (secondary N) is 1. The largest absolute Gasteiger partial charge is 0.434 e. The molecule has 11 nitrogen and oxygen atoms in total. The van der Waals surface area contributed by atoms with E-state index in [1.807, 2.05) is 4.90 Å². The van der Waals surface area contributed by atoms with Gasteiger partial charge in [0, 0.05) is 23.9 Å². The fourth-order valence-corrected chi connectivity index (χ4v) is 4.90. The number of nitrogens with zero attached hydrogens (tertiary/aromatic N) is 8. The van der Waals surface area contributed by atoms with E-state index in [0.717, 1.165) is 11.0 Å². The average Bonchev–Trinajstić information content (AvgIpc) is 3.69. The summed E-state index contributed by atoms with van der Waals surface area (Å²) in [6.07, 6.45) is 1.34. The number of hydrogen-bond donors (Lipinski definition) is 2. The SMILES string of the molecule is O=C(Nc1cnc(-n2nccn2)c(Cl)c1)c1cnn(-c2cnc(N3CC[C@@H](O)C3)c3ccccc23)c1C(F)(F)F. The Morgan fingerprint density at radius 3 is 2.42 bits per heavy atom. The first-order chi connectivity index (χ1) is 19.2. The molecule has 40 heavy (non-hydrogen) atoms. The van der Waals surface area contributed by atoms with Crippen LogP contribution < -0.4 is 10.2 Å². The monoisotopic (exact) mass is 569 g/mol. The number of hydrogen-bond acceptors (Lipinski definition) is 8. The predicted octanol–water partition coefficient (Wildman–Crippen LogP) is 3.89. The van der Waals surface area contributed by atoms with Crippen LogP contribution in [-0.4, -0.2) is 64.9 Å². The van der Waals surface area contributed by atoms with Crippen LogP contribution in [0.2, 0.25) is 5.02 Å². The molecule has 0 unspecified atom stereocenters. The van der Waals surface area contributed by atoms with E-state index < -0.39 is 29.4 Å². The number of fused-ring (bicyclic) bond motifs is 1. The fourth-order valence-electron chi connectivity index (χ4n) is 4.66. The van der Waals surface area contributed by atoms with Crippen molar-refractivity contribution in [1.82, 2.24) is 34.7 Å². The molecule has 2 N–H and O–H groups in total. The number of benzene rings is 1. The number of β-amino-alcohol motifs (C(OH)–C–C–N with tert-alkyl or cyclic N) is 1. The number of anilines is 2. The molecule has 1 aromatic carbocycles. The molecule has 0 saturated carbocycles. The Bertz CT molecular complexity index is 1720. The van der Waals surface area contributed by atoms with E-state index in [1.54, 1.807) is 24.3 Å². The summed E-state index contributed by atoms with van der Waals surface area (Å²) in [7, 11) is 0. The van der Waals surface area contributed by atoms with Crippen molar-refractivity contribution in [3.05, 3.63) is 77.6 Å². The highest BCUT2D eigenvalue weighted by Crippen LogP contribution is 2.37. The molecule has 6 rings (SSSR count). The molecule has 0 spiro atoms. The van der Waals surface area contributed by atoms with Gasteiger partial charge in [-0.15, -0.1) is 4.80 Å². The third-order valence-corrected chi connectivity index (χ3v) is 6.69. The number of aliphatic hydroxyl groups is 1. The molecule has 1 amide bonds. The third kappa shape index (κ3) is 4.60. The summed E-state index contributed by atoms with van der Waals surface area (Å²) in [5.41, 5.74) is -1.85. The second-order valence-electron chi connectivity index (χ2n) is 9.02. The van der Waals surface area contributed by atoms with Crippen molar-refractivity contribution in [2.45, 2.75) is 18.7 Å². The summed E-state index contributed by atoms with van der Waals surface area (Å²) in [5.74, 6) is -0.325. The Labute approximate surface area is 228 Å². The molecule has 0 aliphatic carbocycles. The van der Waals surface area contributed by atoms with E-state index in [0.29, 0.717) is 40.8 Å². The Morgan fingerprint density at radius 1 is 1.02 bits per heavy atom. The number of aromatic nitrogens is 7. The summed E-state index contributed by atoms with van der Waals surface area (Å²) < 4.78 is 43.9. The Kier molecular flexibility index (Phi) is 6.35. The average molecular weight is 570 g/mol. The number of carbonyl (C=O) groups excluding carboxylic acids is 1. The molecule has 204 valence electrons. The van der Waals surface area contributed by atoms with Crippen LogP contribution >= 0.6 is 11.6 Å². The van der Waals surface area contributed by atoms with Crippen LogP contribution in [0.25, 0.3) is 22.3 Å². The molecule has 1 aliphatic heterocycles. The van der Waals surface area contributed by atoms with Crippen LogP contribution in [0.4, 0.5) is 24.7 Å². The molecule has 1 atom stereocenters. The number of carbonyl (C=O) groups is 1. The van der Waals surface area contributed by atoms with Gasteiger partial charge in [-0.1, -0.05) is 35.9 Å². The molecular weight excluding hydrogens is 551 g/mol. The van der Waals surface area contributed by atoms with Gasteiger partial charge in [-0.25, -0.2) is 14.6 Å². The van der Waals surface area contributed by atoms with E-state index in [9.17, 15) is 23.1 Å². The van der Waals surface area contributed by atoms with Crippen molar-refractivity contribution in [2.75, 3.05) is 23.3 Å². The highest BCUT2D eigenvalue weighted by Gasteiger charge is 2.41. The highest BCUT2D eigenvalue weighted by molar-refractivity contribution is 6.32. The quantitative estimate of drug-likeness (QED) is 0.326. The van der Waals surface area contributed by atoms with Crippen molar-refractivity contribution in [1.29, 1.82) is 0 Å². The number of alkyl halides is 3. The molecular formula is C25H19ClF3N9O2. The van der Waals surface area contributed by atoms with Gasteiger partial charge in [0.2, 0.25) is 0 Å². The zero-order valence-corrected chi connectivity index (χ0v) is 21.2. The minimum atomic E-state index is -4.94. The topological polar surface area (TPSA) is 127 Å². The van der Waals surface area contributed by atoms with E-state index in [-0.39, 0.29) is 22.2 Å². The zero-order valence-electron chi connectivity index (χ0n) is 20.4. The van der Waals surface area contributed by atoms with Crippen LogP contribution in [0.5, 0.6) is 0 Å². The first-order valence-corrected chi connectivity index (χ1v) is 12.4. The van der Waals surface area contributed by atoms with E-state index in [2.05, 4.69) is 30.6 Å². The lowest BCUT2D eigenvalue weighted by Crippen LogP contribution is -2.23. The summed E-state index contributed by atoms with van der Waals surface area (Å²) in [4.78, 5) is 24.6. The van der Waals surface area contributed by atoms with Crippen molar-refractivity contribution in [3.8, 4) is 11.5 Å². The maximum absolute atomic E-state index is 14.4. The second-order valence-corrected chi connectivity index (χ2v) is 9.43. The lowest BCUT2D eigenvalue weighted by molar-refractivity contribution is -0.143. The van der Waals surface area contributed by atoms with Gasteiger partial charge in [-0.05, 0) is 12.5 Å². The smallest absolute Gasteiger partial charge is 0.391 e. The first-order valence-electron chi connectivity index (χ1n) is 12.0. The minimum Gasteiger partial charge on any atom is -0.391 e. The molecule has 1 saturated heterocycles. The van der Waals surface area contributed by atoms with Gasteiger partial charge in [0.25, 0.3) is 5.91 Å². The summed E-state index contributed by atoms with van der Waals surface area (Å²) >= 11 is 6.23. The van der Waals surface area contributed by atoms with Gasteiger partial charge in [-0.2, -0.15) is 28.5 Å². The van der Waals surface area contributed by atoms with Crippen LogP contribution in [0, 0.1) is 0 Å². The van der Waals surface area contributed by atoms with Crippen LogP contribution in [-0.2, 0) is 6.18 Å². The van der Waals surface area contributed by atoms with Crippen molar-refractivity contribution in [2.24, 2.45) is 0 Å². The number of amides is 1. The Balaban J connectivity index is 1.38.